The third kappa shape index (κ3) is 4.23. The first-order valence-corrected chi connectivity index (χ1v) is 6.80. The van der Waals surface area contributed by atoms with E-state index in [-0.39, 0.29) is 11.4 Å². The van der Waals surface area contributed by atoms with E-state index in [1.165, 1.54) is 0 Å². The van der Waals surface area contributed by atoms with Gasteiger partial charge in [-0.1, -0.05) is 45.0 Å². The highest BCUT2D eigenvalue weighted by Crippen LogP contribution is 2.12. The number of nitrogens with zero attached hydrogens (tertiary/aromatic N) is 1. The molecule has 1 aromatic heterocycles. The number of hydrogen-bond donors (Lipinski definition) is 2. The van der Waals surface area contributed by atoms with Gasteiger partial charge in [0.2, 0.25) is 0 Å². The Hall–Kier alpha value is -2.10. The topological polar surface area (TPSA) is 54.0 Å². The SMILES string of the molecule is CC(C)(C)CNC(=O)NCc1ccc2ccccc2n1. The first-order valence-electron chi connectivity index (χ1n) is 6.80. The Kier molecular flexibility index (Phi) is 4.23. The number of aromatic nitrogens is 1. The molecule has 2 rings (SSSR count). The van der Waals surface area contributed by atoms with E-state index in [0.29, 0.717) is 13.1 Å². The molecule has 0 saturated carbocycles. The van der Waals surface area contributed by atoms with Crippen LogP contribution < -0.4 is 10.6 Å². The van der Waals surface area contributed by atoms with Crippen molar-refractivity contribution >= 4 is 16.9 Å². The fraction of sp³-hybridized carbons (Fsp3) is 0.375. The zero-order valence-corrected chi connectivity index (χ0v) is 12.2. The molecule has 0 bridgehead atoms. The van der Waals surface area contributed by atoms with Crippen LogP contribution in [0.3, 0.4) is 0 Å². The highest BCUT2D eigenvalue weighted by molar-refractivity contribution is 5.78. The average molecular weight is 271 g/mol. The molecule has 0 radical (unpaired) electrons. The smallest absolute Gasteiger partial charge is 0.315 e. The normalized spacial score (nSPS) is 11.3. The molecule has 106 valence electrons. The van der Waals surface area contributed by atoms with Crippen LogP contribution in [0.15, 0.2) is 36.4 Å². The number of benzene rings is 1. The zero-order chi connectivity index (χ0) is 14.6. The maximum atomic E-state index is 11.7. The second kappa shape index (κ2) is 5.90. The van der Waals surface area contributed by atoms with E-state index < -0.39 is 0 Å². The quantitative estimate of drug-likeness (QED) is 0.901. The number of fused-ring (bicyclic) bond motifs is 1. The number of carbonyl (C=O) groups is 1. The van der Waals surface area contributed by atoms with Crippen LogP contribution in [-0.2, 0) is 6.54 Å². The van der Waals surface area contributed by atoms with Crippen LogP contribution in [0.4, 0.5) is 4.79 Å². The van der Waals surface area contributed by atoms with Crippen molar-refractivity contribution in [3.63, 3.8) is 0 Å². The van der Waals surface area contributed by atoms with Crippen LogP contribution in [-0.4, -0.2) is 17.6 Å². The number of urea groups is 1. The summed E-state index contributed by atoms with van der Waals surface area (Å²) >= 11 is 0. The Morgan fingerprint density at radius 3 is 2.60 bits per heavy atom. The monoisotopic (exact) mass is 271 g/mol. The van der Waals surface area contributed by atoms with E-state index in [1.54, 1.807) is 0 Å². The molecule has 2 amide bonds. The molecule has 2 N–H and O–H groups in total. The minimum Gasteiger partial charge on any atom is -0.338 e. The van der Waals surface area contributed by atoms with Crippen molar-refractivity contribution in [3.05, 3.63) is 42.1 Å². The molecule has 0 fully saturated rings. The summed E-state index contributed by atoms with van der Waals surface area (Å²) in [6.07, 6.45) is 0. The summed E-state index contributed by atoms with van der Waals surface area (Å²) in [7, 11) is 0. The lowest BCUT2D eigenvalue weighted by Crippen LogP contribution is -2.39. The standard InChI is InChI=1S/C16H21N3O/c1-16(2,3)11-18-15(20)17-10-13-9-8-12-6-4-5-7-14(12)19-13/h4-9H,10-11H2,1-3H3,(H2,17,18,20). The van der Waals surface area contributed by atoms with Gasteiger partial charge in [0.05, 0.1) is 17.8 Å². The van der Waals surface area contributed by atoms with Gasteiger partial charge in [-0.05, 0) is 17.5 Å². The van der Waals surface area contributed by atoms with Gasteiger partial charge in [0.1, 0.15) is 0 Å². The molecule has 0 aliphatic rings. The fourth-order valence-electron chi connectivity index (χ4n) is 1.79. The Morgan fingerprint density at radius 1 is 1.10 bits per heavy atom. The minimum atomic E-state index is -0.158. The van der Waals surface area contributed by atoms with Gasteiger partial charge >= 0.3 is 6.03 Å². The minimum absolute atomic E-state index is 0.0819. The van der Waals surface area contributed by atoms with Crippen molar-refractivity contribution < 1.29 is 4.79 Å². The number of pyridine rings is 1. The van der Waals surface area contributed by atoms with Gasteiger partial charge < -0.3 is 10.6 Å². The Morgan fingerprint density at radius 2 is 1.85 bits per heavy atom. The highest BCUT2D eigenvalue weighted by atomic mass is 16.2. The number of rotatable bonds is 3. The first kappa shape index (κ1) is 14.3. The molecular formula is C16H21N3O. The first-order chi connectivity index (χ1) is 9.44. The predicted molar refractivity (Wildman–Crippen MR) is 81.4 cm³/mol. The van der Waals surface area contributed by atoms with Gasteiger partial charge in [-0.15, -0.1) is 0 Å². The summed E-state index contributed by atoms with van der Waals surface area (Å²) in [4.78, 5) is 16.2. The van der Waals surface area contributed by atoms with Gasteiger partial charge in [-0.3, -0.25) is 4.98 Å². The van der Waals surface area contributed by atoms with E-state index >= 15 is 0 Å². The maximum Gasteiger partial charge on any atom is 0.315 e. The van der Waals surface area contributed by atoms with Crippen LogP contribution in [0.2, 0.25) is 0 Å². The van der Waals surface area contributed by atoms with E-state index in [1.807, 2.05) is 36.4 Å². The molecule has 2 aromatic rings. The van der Waals surface area contributed by atoms with Crippen molar-refractivity contribution in [2.45, 2.75) is 27.3 Å². The summed E-state index contributed by atoms with van der Waals surface area (Å²) in [6.45, 7) is 7.32. The van der Waals surface area contributed by atoms with E-state index in [9.17, 15) is 4.79 Å². The van der Waals surface area contributed by atoms with Gasteiger partial charge in [0.15, 0.2) is 0 Å². The molecule has 4 nitrogen and oxygen atoms in total. The van der Waals surface area contributed by atoms with E-state index in [4.69, 9.17) is 0 Å². The molecule has 0 unspecified atom stereocenters. The molecule has 1 heterocycles. The van der Waals surface area contributed by atoms with Crippen LogP contribution in [0.25, 0.3) is 10.9 Å². The van der Waals surface area contributed by atoms with Crippen molar-refractivity contribution in [1.29, 1.82) is 0 Å². The third-order valence-electron chi connectivity index (χ3n) is 2.87. The predicted octanol–water partition coefficient (Wildman–Crippen LogP) is 3.08. The Balaban J connectivity index is 1.90. The van der Waals surface area contributed by atoms with Gasteiger partial charge in [-0.2, -0.15) is 0 Å². The van der Waals surface area contributed by atoms with Crippen LogP contribution in [0, 0.1) is 5.41 Å². The third-order valence-corrected chi connectivity index (χ3v) is 2.87. The molecule has 0 saturated heterocycles. The Labute approximate surface area is 119 Å². The summed E-state index contributed by atoms with van der Waals surface area (Å²) in [6, 6.07) is 11.7. The second-order valence-corrected chi connectivity index (χ2v) is 6.09. The van der Waals surface area contributed by atoms with Crippen molar-refractivity contribution in [2.24, 2.45) is 5.41 Å². The molecule has 0 spiro atoms. The second-order valence-electron chi connectivity index (χ2n) is 6.09. The van der Waals surface area contributed by atoms with Crippen LogP contribution in [0.5, 0.6) is 0 Å². The van der Waals surface area contributed by atoms with Gasteiger partial charge in [0.25, 0.3) is 0 Å². The number of carbonyl (C=O) groups excluding carboxylic acids is 1. The summed E-state index contributed by atoms with van der Waals surface area (Å²) < 4.78 is 0. The lowest BCUT2D eigenvalue weighted by Gasteiger charge is -2.18. The molecule has 1 aromatic carbocycles. The number of hydrogen-bond acceptors (Lipinski definition) is 2. The van der Waals surface area contributed by atoms with E-state index in [0.717, 1.165) is 16.6 Å². The largest absolute Gasteiger partial charge is 0.338 e. The molecule has 0 atom stereocenters. The number of nitrogens with one attached hydrogen (secondary N) is 2. The van der Waals surface area contributed by atoms with Crippen molar-refractivity contribution in [3.8, 4) is 0 Å². The average Bonchev–Trinajstić information content (AvgIpc) is 2.42. The summed E-state index contributed by atoms with van der Waals surface area (Å²) in [5.74, 6) is 0. The van der Waals surface area contributed by atoms with Gasteiger partial charge in [-0.25, -0.2) is 4.79 Å². The zero-order valence-electron chi connectivity index (χ0n) is 12.2. The highest BCUT2D eigenvalue weighted by Gasteiger charge is 2.11. The summed E-state index contributed by atoms with van der Waals surface area (Å²) in [5, 5.41) is 6.78. The Bertz CT molecular complexity index is 602. The summed E-state index contributed by atoms with van der Waals surface area (Å²) in [5.41, 5.74) is 1.88. The lowest BCUT2D eigenvalue weighted by atomic mass is 9.97. The molecule has 4 heteroatoms. The van der Waals surface area contributed by atoms with E-state index in [2.05, 4.69) is 36.4 Å². The molecule has 20 heavy (non-hydrogen) atoms. The fourth-order valence-corrected chi connectivity index (χ4v) is 1.79. The molecular weight excluding hydrogens is 250 g/mol. The van der Waals surface area contributed by atoms with Gasteiger partial charge in [0, 0.05) is 11.9 Å². The van der Waals surface area contributed by atoms with Crippen LogP contribution >= 0.6 is 0 Å². The number of para-hydroxylation sites is 1. The van der Waals surface area contributed by atoms with Crippen molar-refractivity contribution in [1.82, 2.24) is 15.6 Å². The maximum absolute atomic E-state index is 11.7. The lowest BCUT2D eigenvalue weighted by molar-refractivity contribution is 0.235. The van der Waals surface area contributed by atoms with Crippen LogP contribution in [0.1, 0.15) is 26.5 Å². The number of amides is 2. The van der Waals surface area contributed by atoms with Crippen molar-refractivity contribution in [2.75, 3.05) is 6.54 Å². The molecule has 0 aliphatic carbocycles. The molecule has 0 aliphatic heterocycles.